The number of carbonyl (C=O) groups excluding carboxylic acids is 1. The second kappa shape index (κ2) is 5.53. The molecule has 0 spiro atoms. The molecule has 2 heterocycles. The maximum atomic E-state index is 12.1. The third kappa shape index (κ3) is 2.39. The molecule has 1 fully saturated rings. The van der Waals surface area contributed by atoms with E-state index in [4.69, 9.17) is 4.74 Å². The maximum Gasteiger partial charge on any atom is 0.253 e. The molecule has 0 saturated carbocycles. The number of nitrogens with one attached hydrogen (secondary N) is 1. The van der Waals surface area contributed by atoms with Crippen LogP contribution in [0.3, 0.4) is 0 Å². The normalized spacial score (nSPS) is 21.9. The lowest BCUT2D eigenvalue weighted by atomic mass is 10.0. The third-order valence-electron chi connectivity index (χ3n) is 4.13. The number of nitrogens with zero attached hydrogens (tertiary/aromatic N) is 3. The molecule has 1 saturated heterocycles. The van der Waals surface area contributed by atoms with Gasteiger partial charge in [0.1, 0.15) is 0 Å². The highest BCUT2D eigenvalue weighted by Crippen LogP contribution is 2.29. The van der Waals surface area contributed by atoms with Crippen LogP contribution in [-0.4, -0.2) is 48.4 Å². The molecule has 116 valence electrons. The lowest BCUT2D eigenvalue weighted by Crippen LogP contribution is -2.58. The number of fused-ring (bicyclic) bond motifs is 1. The number of amides is 1. The second-order valence-corrected chi connectivity index (χ2v) is 5.73. The smallest absolute Gasteiger partial charge is 0.253 e. The summed E-state index contributed by atoms with van der Waals surface area (Å²) in [6, 6.07) is 8.07. The fourth-order valence-electron chi connectivity index (χ4n) is 2.91. The Hall–Kier alpha value is -2.21. The minimum Gasteiger partial charge on any atom is -0.362 e. The molecule has 3 rings (SSSR count). The summed E-state index contributed by atoms with van der Waals surface area (Å²) in [4.78, 5) is 14.2. The predicted molar refractivity (Wildman–Crippen MR) is 84.9 cm³/mol. The monoisotopic (exact) mass is 300 g/mol. The number of benzene rings is 1. The number of carbonyl (C=O) groups is 1. The minimum absolute atomic E-state index is 0.124. The molecule has 1 aromatic heterocycles. The van der Waals surface area contributed by atoms with Crippen molar-refractivity contribution in [3.8, 4) is 0 Å². The van der Waals surface area contributed by atoms with Gasteiger partial charge in [-0.15, -0.1) is 5.10 Å². The van der Waals surface area contributed by atoms with E-state index in [1.807, 2.05) is 38.1 Å². The molecule has 1 aromatic carbocycles. The van der Waals surface area contributed by atoms with Gasteiger partial charge in [-0.2, -0.15) is 5.10 Å². The number of rotatable bonds is 2. The van der Waals surface area contributed by atoms with Gasteiger partial charge < -0.3 is 15.0 Å². The Bertz CT molecular complexity index is 718. The Morgan fingerprint density at radius 1 is 1.32 bits per heavy atom. The highest BCUT2D eigenvalue weighted by molar-refractivity contribution is 5.94. The third-order valence-corrected chi connectivity index (χ3v) is 4.13. The van der Waals surface area contributed by atoms with Gasteiger partial charge in [-0.05, 0) is 13.8 Å². The number of likely N-dealkylation sites (N-methyl/N-ethyl adjacent to an activating group) is 1. The Kier molecular flexibility index (Phi) is 3.70. The topological polar surface area (TPSA) is 67.4 Å². The van der Waals surface area contributed by atoms with Crippen LogP contribution in [0, 0.1) is 6.92 Å². The van der Waals surface area contributed by atoms with Gasteiger partial charge in [0, 0.05) is 24.4 Å². The van der Waals surface area contributed by atoms with E-state index >= 15 is 0 Å². The molecular weight excluding hydrogens is 280 g/mol. The van der Waals surface area contributed by atoms with Crippen molar-refractivity contribution in [2.45, 2.75) is 19.4 Å². The van der Waals surface area contributed by atoms with Gasteiger partial charge >= 0.3 is 0 Å². The van der Waals surface area contributed by atoms with Crippen LogP contribution >= 0.6 is 0 Å². The van der Waals surface area contributed by atoms with Crippen molar-refractivity contribution in [3.63, 3.8) is 0 Å². The highest BCUT2D eigenvalue weighted by atomic mass is 16.5. The van der Waals surface area contributed by atoms with Crippen molar-refractivity contribution in [1.82, 2.24) is 15.5 Å². The minimum atomic E-state index is -0.874. The van der Waals surface area contributed by atoms with E-state index in [9.17, 15) is 4.79 Å². The number of anilines is 1. The van der Waals surface area contributed by atoms with Gasteiger partial charge in [-0.25, -0.2) is 0 Å². The molecule has 0 radical (unpaired) electrons. The molecule has 1 amide bonds. The van der Waals surface area contributed by atoms with E-state index in [2.05, 4.69) is 20.4 Å². The van der Waals surface area contributed by atoms with Crippen LogP contribution in [0.25, 0.3) is 10.8 Å². The van der Waals surface area contributed by atoms with Gasteiger partial charge in [0.25, 0.3) is 5.91 Å². The van der Waals surface area contributed by atoms with Crippen LogP contribution in [0.4, 0.5) is 5.82 Å². The van der Waals surface area contributed by atoms with Crippen molar-refractivity contribution in [3.05, 3.63) is 30.0 Å². The predicted octanol–water partition coefficient (Wildman–Crippen LogP) is 1.28. The first kappa shape index (κ1) is 14.7. The van der Waals surface area contributed by atoms with Crippen LogP contribution in [0.5, 0.6) is 0 Å². The number of hydrogen-bond donors (Lipinski definition) is 1. The summed E-state index contributed by atoms with van der Waals surface area (Å²) >= 11 is 0. The van der Waals surface area contributed by atoms with E-state index in [0.29, 0.717) is 19.7 Å². The second-order valence-electron chi connectivity index (χ2n) is 5.73. The van der Waals surface area contributed by atoms with Crippen molar-refractivity contribution in [1.29, 1.82) is 0 Å². The summed E-state index contributed by atoms with van der Waals surface area (Å²) < 4.78 is 5.70. The Morgan fingerprint density at radius 3 is 2.77 bits per heavy atom. The highest BCUT2D eigenvalue weighted by Gasteiger charge is 2.39. The number of morpholine rings is 1. The summed E-state index contributed by atoms with van der Waals surface area (Å²) in [5, 5.41) is 13.4. The molecule has 2 aromatic rings. The number of aromatic nitrogens is 2. The number of hydrogen-bond acceptors (Lipinski definition) is 5. The molecule has 6 heteroatoms. The molecule has 1 atom stereocenters. The summed E-state index contributed by atoms with van der Waals surface area (Å²) in [5.41, 5.74) is 0.0300. The molecule has 0 bridgehead atoms. The molecule has 0 unspecified atom stereocenters. The van der Waals surface area contributed by atoms with E-state index in [1.165, 1.54) is 0 Å². The molecule has 1 aliphatic rings. The van der Waals surface area contributed by atoms with Crippen LogP contribution in [0.15, 0.2) is 24.3 Å². The van der Waals surface area contributed by atoms with Gasteiger partial charge in [-0.3, -0.25) is 4.79 Å². The number of ether oxygens (including phenoxy) is 1. The first-order chi connectivity index (χ1) is 10.5. The average Bonchev–Trinajstić information content (AvgIpc) is 2.54. The van der Waals surface area contributed by atoms with Crippen LogP contribution in [-0.2, 0) is 9.53 Å². The van der Waals surface area contributed by atoms with Gasteiger partial charge in [-0.1, -0.05) is 24.3 Å². The molecule has 1 aliphatic heterocycles. The fourth-order valence-corrected chi connectivity index (χ4v) is 2.91. The quantitative estimate of drug-likeness (QED) is 0.905. The van der Waals surface area contributed by atoms with Crippen molar-refractivity contribution in [2.75, 3.05) is 31.6 Å². The van der Waals surface area contributed by atoms with E-state index in [0.717, 1.165) is 22.3 Å². The summed E-state index contributed by atoms with van der Waals surface area (Å²) in [6.07, 6.45) is 0. The standard InChI is InChI=1S/C16H20N4O2/c1-11-12-6-4-5-7-13(12)14(19-18-11)20-8-9-22-16(2,10-20)15(21)17-3/h4-7H,8-10H2,1-3H3,(H,17,21)/t16-/m1/s1. The number of aryl methyl sites for hydroxylation is 1. The Morgan fingerprint density at radius 2 is 2.05 bits per heavy atom. The summed E-state index contributed by atoms with van der Waals surface area (Å²) in [7, 11) is 1.62. The van der Waals surface area contributed by atoms with Crippen LogP contribution < -0.4 is 10.2 Å². The molecule has 1 N–H and O–H groups in total. The van der Waals surface area contributed by atoms with E-state index in [1.54, 1.807) is 7.05 Å². The summed E-state index contributed by atoms with van der Waals surface area (Å²) in [6.45, 7) is 5.38. The molecule has 22 heavy (non-hydrogen) atoms. The van der Waals surface area contributed by atoms with Crippen molar-refractivity contribution < 1.29 is 9.53 Å². The maximum absolute atomic E-state index is 12.1. The van der Waals surface area contributed by atoms with Crippen LogP contribution in [0.1, 0.15) is 12.6 Å². The van der Waals surface area contributed by atoms with Gasteiger partial charge in [0.15, 0.2) is 11.4 Å². The molecular formula is C16H20N4O2. The van der Waals surface area contributed by atoms with E-state index in [-0.39, 0.29) is 5.91 Å². The van der Waals surface area contributed by atoms with Crippen LogP contribution in [0.2, 0.25) is 0 Å². The lowest BCUT2D eigenvalue weighted by molar-refractivity contribution is -0.145. The zero-order chi connectivity index (χ0) is 15.7. The zero-order valence-electron chi connectivity index (χ0n) is 13.1. The average molecular weight is 300 g/mol. The van der Waals surface area contributed by atoms with Crippen molar-refractivity contribution >= 4 is 22.5 Å². The molecule has 0 aliphatic carbocycles. The van der Waals surface area contributed by atoms with Crippen molar-refractivity contribution in [2.24, 2.45) is 0 Å². The Labute approximate surface area is 129 Å². The Balaban J connectivity index is 2.01. The zero-order valence-corrected chi connectivity index (χ0v) is 13.1. The SMILES string of the molecule is CNC(=O)[C@@]1(C)CN(c2nnc(C)c3ccccc23)CCO1. The first-order valence-electron chi connectivity index (χ1n) is 7.38. The lowest BCUT2D eigenvalue weighted by Gasteiger charge is -2.39. The summed E-state index contributed by atoms with van der Waals surface area (Å²) in [5.74, 6) is 0.682. The van der Waals surface area contributed by atoms with E-state index < -0.39 is 5.60 Å². The fraction of sp³-hybridized carbons (Fsp3) is 0.438. The van der Waals surface area contributed by atoms with Gasteiger partial charge in [0.2, 0.25) is 0 Å². The van der Waals surface area contributed by atoms with Gasteiger partial charge in [0.05, 0.1) is 18.8 Å². The first-order valence-corrected chi connectivity index (χ1v) is 7.38. The molecule has 6 nitrogen and oxygen atoms in total. The largest absolute Gasteiger partial charge is 0.362 e.